The third kappa shape index (κ3) is 1.19. The van der Waals surface area contributed by atoms with E-state index in [4.69, 9.17) is 0 Å². The van der Waals surface area contributed by atoms with Gasteiger partial charge in [0.1, 0.15) is 0 Å². The highest BCUT2D eigenvalue weighted by atomic mass is 32.1. The van der Waals surface area contributed by atoms with E-state index in [-0.39, 0.29) is 11.3 Å². The second-order valence-corrected chi connectivity index (χ2v) is 3.66. The quantitative estimate of drug-likeness (QED) is 0.702. The van der Waals surface area contributed by atoms with Crippen LogP contribution in [-0.2, 0) is 0 Å². The first-order chi connectivity index (χ1) is 6.20. The van der Waals surface area contributed by atoms with Gasteiger partial charge in [-0.2, -0.15) is 0 Å². The molecule has 0 aromatic carbocycles. The highest BCUT2D eigenvalue weighted by Gasteiger charge is 2.10. The lowest BCUT2D eigenvalue weighted by atomic mass is 10.1. The summed E-state index contributed by atoms with van der Waals surface area (Å²) in [5.41, 5.74) is 0.325. The zero-order valence-corrected chi connectivity index (χ0v) is 7.77. The molecule has 2 aromatic rings. The molecule has 0 aliphatic heterocycles. The second kappa shape index (κ2) is 2.81. The number of pyridine rings is 1. The number of carbonyl (C=O) groups is 1. The molecular weight excluding hydrogens is 186 g/mol. The summed E-state index contributed by atoms with van der Waals surface area (Å²) in [6.45, 7) is 1.47. The molecule has 0 saturated carbocycles. The SMILES string of the molecule is CC(=O)c1csc2cc[nH]c(=O)c12. The van der Waals surface area contributed by atoms with Crippen molar-refractivity contribution in [3.8, 4) is 0 Å². The zero-order chi connectivity index (χ0) is 9.42. The molecule has 0 fully saturated rings. The van der Waals surface area contributed by atoms with Gasteiger partial charge in [0.25, 0.3) is 5.56 Å². The molecule has 2 aromatic heterocycles. The molecule has 0 aliphatic rings. The average molecular weight is 193 g/mol. The minimum Gasteiger partial charge on any atom is -0.328 e. The van der Waals surface area contributed by atoms with Crippen LogP contribution in [-0.4, -0.2) is 10.8 Å². The average Bonchev–Trinajstić information content (AvgIpc) is 2.49. The van der Waals surface area contributed by atoms with Crippen LogP contribution >= 0.6 is 11.3 Å². The minimum atomic E-state index is -0.191. The molecule has 0 saturated heterocycles. The molecule has 2 rings (SSSR count). The summed E-state index contributed by atoms with van der Waals surface area (Å²) in [5.74, 6) is -0.0667. The summed E-state index contributed by atoms with van der Waals surface area (Å²) in [7, 11) is 0. The number of rotatable bonds is 1. The van der Waals surface area contributed by atoms with Crippen LogP contribution in [0.25, 0.3) is 10.1 Å². The largest absolute Gasteiger partial charge is 0.328 e. The fourth-order valence-corrected chi connectivity index (χ4v) is 2.25. The molecule has 66 valence electrons. The minimum absolute atomic E-state index is 0.0667. The fraction of sp³-hybridized carbons (Fsp3) is 0.111. The van der Waals surface area contributed by atoms with Crippen molar-refractivity contribution in [1.29, 1.82) is 0 Å². The third-order valence-electron chi connectivity index (χ3n) is 1.87. The van der Waals surface area contributed by atoms with E-state index in [0.717, 1.165) is 4.70 Å². The Morgan fingerprint density at radius 3 is 3.00 bits per heavy atom. The van der Waals surface area contributed by atoms with Crippen LogP contribution < -0.4 is 5.56 Å². The van der Waals surface area contributed by atoms with Crippen molar-refractivity contribution in [3.05, 3.63) is 33.6 Å². The Morgan fingerprint density at radius 2 is 2.31 bits per heavy atom. The summed E-state index contributed by atoms with van der Waals surface area (Å²) < 4.78 is 0.856. The molecule has 0 unspecified atom stereocenters. The van der Waals surface area contributed by atoms with Crippen molar-refractivity contribution in [2.75, 3.05) is 0 Å². The number of nitrogens with one attached hydrogen (secondary N) is 1. The normalized spacial score (nSPS) is 10.5. The van der Waals surface area contributed by atoms with E-state index >= 15 is 0 Å². The highest BCUT2D eigenvalue weighted by molar-refractivity contribution is 7.17. The van der Waals surface area contributed by atoms with Gasteiger partial charge in [-0.3, -0.25) is 9.59 Å². The number of hydrogen-bond acceptors (Lipinski definition) is 3. The van der Waals surface area contributed by atoms with E-state index in [9.17, 15) is 9.59 Å². The Labute approximate surface area is 78.0 Å². The lowest BCUT2D eigenvalue weighted by Gasteiger charge is -1.90. The maximum absolute atomic E-state index is 11.4. The third-order valence-corrected chi connectivity index (χ3v) is 2.82. The van der Waals surface area contributed by atoms with Crippen LogP contribution in [0.15, 0.2) is 22.4 Å². The van der Waals surface area contributed by atoms with Crippen LogP contribution in [0.1, 0.15) is 17.3 Å². The Morgan fingerprint density at radius 1 is 1.54 bits per heavy atom. The number of H-pyrrole nitrogens is 1. The molecule has 0 atom stereocenters. The van der Waals surface area contributed by atoms with E-state index < -0.39 is 0 Å². The van der Waals surface area contributed by atoms with Gasteiger partial charge in [-0.05, 0) is 13.0 Å². The number of aromatic amines is 1. The predicted octanol–water partition coefficient (Wildman–Crippen LogP) is 1.79. The standard InChI is InChI=1S/C9H7NO2S/c1-5(11)6-4-13-7-2-3-10-9(12)8(6)7/h2-4H,1H3,(H,10,12). The van der Waals surface area contributed by atoms with Crippen molar-refractivity contribution >= 4 is 27.2 Å². The Bertz CT molecular complexity index is 524. The monoisotopic (exact) mass is 193 g/mol. The van der Waals surface area contributed by atoms with E-state index in [0.29, 0.717) is 10.9 Å². The summed E-state index contributed by atoms with van der Waals surface area (Å²) in [5, 5.41) is 2.24. The number of Topliss-reactive ketones (excluding diaryl/α,β-unsaturated/α-hetero) is 1. The number of ketones is 1. The summed E-state index contributed by atoms with van der Waals surface area (Å²) in [4.78, 5) is 25.0. The number of carbonyl (C=O) groups excluding carboxylic acids is 1. The van der Waals surface area contributed by atoms with Crippen molar-refractivity contribution in [3.63, 3.8) is 0 Å². The maximum Gasteiger partial charge on any atom is 0.257 e. The molecular formula is C9H7NO2S. The van der Waals surface area contributed by atoms with Crippen LogP contribution in [0, 0.1) is 0 Å². The lowest BCUT2D eigenvalue weighted by Crippen LogP contribution is -2.06. The Kier molecular flexibility index (Phi) is 1.77. The van der Waals surface area contributed by atoms with Gasteiger partial charge in [-0.25, -0.2) is 0 Å². The molecule has 1 N–H and O–H groups in total. The topological polar surface area (TPSA) is 49.9 Å². The number of aromatic nitrogens is 1. The molecule has 0 amide bonds. The maximum atomic E-state index is 11.4. The predicted molar refractivity (Wildman–Crippen MR) is 52.5 cm³/mol. The van der Waals surface area contributed by atoms with Gasteiger partial charge in [0.2, 0.25) is 0 Å². The van der Waals surface area contributed by atoms with E-state index in [1.807, 2.05) is 0 Å². The summed E-state index contributed by atoms with van der Waals surface area (Å²) in [6, 6.07) is 1.80. The van der Waals surface area contributed by atoms with Gasteiger partial charge < -0.3 is 4.98 Å². The van der Waals surface area contributed by atoms with Gasteiger partial charge in [-0.1, -0.05) is 0 Å². The molecule has 4 heteroatoms. The first-order valence-electron chi connectivity index (χ1n) is 3.80. The van der Waals surface area contributed by atoms with Crippen molar-refractivity contribution in [2.45, 2.75) is 6.92 Å². The number of thiophene rings is 1. The van der Waals surface area contributed by atoms with Crippen molar-refractivity contribution < 1.29 is 4.79 Å². The highest BCUT2D eigenvalue weighted by Crippen LogP contribution is 2.22. The summed E-state index contributed by atoms with van der Waals surface area (Å²) in [6.07, 6.45) is 1.59. The molecule has 0 spiro atoms. The van der Waals surface area contributed by atoms with E-state index in [1.165, 1.54) is 18.3 Å². The van der Waals surface area contributed by atoms with Crippen LogP contribution in [0.5, 0.6) is 0 Å². The first-order valence-corrected chi connectivity index (χ1v) is 4.68. The van der Waals surface area contributed by atoms with Crippen LogP contribution in [0.4, 0.5) is 0 Å². The van der Waals surface area contributed by atoms with Gasteiger partial charge >= 0.3 is 0 Å². The van der Waals surface area contributed by atoms with E-state index in [1.54, 1.807) is 17.6 Å². The van der Waals surface area contributed by atoms with Crippen LogP contribution in [0.2, 0.25) is 0 Å². The Balaban J connectivity index is 2.95. The lowest BCUT2D eigenvalue weighted by molar-refractivity contribution is 0.101. The molecule has 0 aliphatic carbocycles. The molecule has 0 radical (unpaired) electrons. The van der Waals surface area contributed by atoms with Crippen LogP contribution in [0.3, 0.4) is 0 Å². The molecule has 13 heavy (non-hydrogen) atoms. The van der Waals surface area contributed by atoms with Crippen molar-refractivity contribution in [2.24, 2.45) is 0 Å². The first kappa shape index (κ1) is 8.19. The van der Waals surface area contributed by atoms with E-state index in [2.05, 4.69) is 4.98 Å². The van der Waals surface area contributed by atoms with Gasteiger partial charge in [-0.15, -0.1) is 11.3 Å². The molecule has 0 bridgehead atoms. The van der Waals surface area contributed by atoms with Gasteiger partial charge in [0.15, 0.2) is 5.78 Å². The second-order valence-electron chi connectivity index (χ2n) is 2.75. The molecule has 3 nitrogen and oxygen atoms in total. The molecule has 2 heterocycles. The number of fused-ring (bicyclic) bond motifs is 1. The fourth-order valence-electron chi connectivity index (χ4n) is 1.25. The van der Waals surface area contributed by atoms with Gasteiger partial charge in [0, 0.05) is 21.8 Å². The van der Waals surface area contributed by atoms with Gasteiger partial charge in [0.05, 0.1) is 5.39 Å². The smallest absolute Gasteiger partial charge is 0.257 e. The van der Waals surface area contributed by atoms with Crippen molar-refractivity contribution in [1.82, 2.24) is 4.98 Å². The Hall–Kier alpha value is -1.42. The number of hydrogen-bond donors (Lipinski definition) is 1. The summed E-state index contributed by atoms with van der Waals surface area (Å²) >= 11 is 1.42. The zero-order valence-electron chi connectivity index (χ0n) is 6.96.